The second kappa shape index (κ2) is 8.55. The van der Waals surface area contributed by atoms with Gasteiger partial charge in [0.2, 0.25) is 11.8 Å². The second-order valence-electron chi connectivity index (χ2n) is 7.81. The zero-order valence-electron chi connectivity index (χ0n) is 16.7. The van der Waals surface area contributed by atoms with Crippen LogP contribution in [0.4, 0.5) is 17.1 Å². The molecule has 0 aromatic heterocycles. The lowest BCUT2D eigenvalue weighted by atomic mass is 10.1. The average Bonchev–Trinajstić information content (AvgIpc) is 3.39. The molecule has 1 unspecified atom stereocenters. The van der Waals surface area contributed by atoms with E-state index in [0.29, 0.717) is 19.0 Å². The van der Waals surface area contributed by atoms with Crippen LogP contribution in [0.3, 0.4) is 0 Å². The monoisotopic (exact) mass is 393 g/mol. The van der Waals surface area contributed by atoms with E-state index in [-0.39, 0.29) is 17.7 Å². The van der Waals surface area contributed by atoms with E-state index in [4.69, 9.17) is 4.74 Å². The summed E-state index contributed by atoms with van der Waals surface area (Å²) in [5.41, 5.74) is 2.62. The lowest BCUT2D eigenvalue weighted by molar-refractivity contribution is -0.129. The molecule has 2 fully saturated rings. The zero-order valence-corrected chi connectivity index (χ0v) is 16.7. The van der Waals surface area contributed by atoms with Crippen molar-refractivity contribution in [2.24, 2.45) is 5.92 Å². The number of carbonyl (C=O) groups is 2. The number of nitrogens with zero attached hydrogens (tertiary/aromatic N) is 1. The Balaban J connectivity index is 1.32. The van der Waals surface area contributed by atoms with Gasteiger partial charge >= 0.3 is 0 Å². The Bertz CT molecular complexity index is 858. The van der Waals surface area contributed by atoms with Crippen LogP contribution in [0.15, 0.2) is 48.5 Å². The fourth-order valence-corrected chi connectivity index (χ4v) is 4.20. The van der Waals surface area contributed by atoms with Crippen LogP contribution in [0.25, 0.3) is 0 Å². The molecule has 2 aliphatic rings. The molecule has 0 spiro atoms. The number of rotatable bonds is 6. The van der Waals surface area contributed by atoms with Gasteiger partial charge in [0.25, 0.3) is 0 Å². The molecular formula is C23H27N3O3. The summed E-state index contributed by atoms with van der Waals surface area (Å²) in [6.45, 7) is 0.548. The van der Waals surface area contributed by atoms with Crippen LogP contribution in [-0.2, 0) is 9.59 Å². The van der Waals surface area contributed by atoms with Gasteiger partial charge < -0.3 is 20.3 Å². The molecule has 2 N–H and O–H groups in total. The number of nitrogens with one attached hydrogen (secondary N) is 2. The first kappa shape index (κ1) is 19.3. The molecule has 29 heavy (non-hydrogen) atoms. The van der Waals surface area contributed by atoms with Crippen molar-refractivity contribution in [3.8, 4) is 5.75 Å². The van der Waals surface area contributed by atoms with Crippen LogP contribution in [0.5, 0.6) is 5.75 Å². The summed E-state index contributed by atoms with van der Waals surface area (Å²) in [6, 6.07) is 15.6. The van der Waals surface area contributed by atoms with Gasteiger partial charge in [0, 0.05) is 36.1 Å². The number of hydrogen-bond acceptors (Lipinski definition) is 4. The summed E-state index contributed by atoms with van der Waals surface area (Å²) in [5.74, 6) is 0.594. The van der Waals surface area contributed by atoms with Gasteiger partial charge in [0.05, 0.1) is 13.0 Å². The normalized spacial score (nSPS) is 19.4. The molecule has 1 saturated heterocycles. The molecule has 1 atom stereocenters. The van der Waals surface area contributed by atoms with E-state index in [2.05, 4.69) is 10.6 Å². The number of likely N-dealkylation sites (tertiary alicyclic amines) is 1. The maximum Gasteiger partial charge on any atom is 0.229 e. The zero-order chi connectivity index (χ0) is 20.2. The largest absolute Gasteiger partial charge is 0.497 e. The van der Waals surface area contributed by atoms with Gasteiger partial charge in [-0.3, -0.25) is 9.59 Å². The standard InChI is InChI=1S/C23H27N3O3/c1-29-21-12-10-18(11-13-21)24-17-6-8-19(9-7-17)25-23(28)16-14-22(27)26(15-16)20-4-2-3-5-20/h6-13,16,20,24H,2-5,14-15H2,1H3,(H,25,28). The number of carbonyl (C=O) groups excluding carboxylic acids is 2. The molecule has 6 heteroatoms. The van der Waals surface area contributed by atoms with Crippen LogP contribution in [0, 0.1) is 5.92 Å². The Labute approximate surface area is 171 Å². The van der Waals surface area contributed by atoms with Crippen LogP contribution in [-0.4, -0.2) is 36.4 Å². The van der Waals surface area contributed by atoms with Gasteiger partial charge in [-0.1, -0.05) is 12.8 Å². The first-order valence-corrected chi connectivity index (χ1v) is 10.2. The highest BCUT2D eigenvalue weighted by Crippen LogP contribution is 2.30. The van der Waals surface area contributed by atoms with E-state index in [1.54, 1.807) is 7.11 Å². The quantitative estimate of drug-likeness (QED) is 0.773. The van der Waals surface area contributed by atoms with Crippen molar-refractivity contribution in [1.82, 2.24) is 4.90 Å². The number of hydrogen-bond donors (Lipinski definition) is 2. The Morgan fingerprint density at radius 3 is 2.17 bits per heavy atom. The molecular weight excluding hydrogens is 366 g/mol. The molecule has 4 rings (SSSR count). The number of amides is 2. The van der Waals surface area contributed by atoms with Gasteiger partial charge in [0.15, 0.2) is 0 Å². The summed E-state index contributed by atoms with van der Waals surface area (Å²) < 4.78 is 5.16. The van der Waals surface area contributed by atoms with Crippen molar-refractivity contribution in [3.63, 3.8) is 0 Å². The van der Waals surface area contributed by atoms with E-state index < -0.39 is 0 Å². The average molecular weight is 393 g/mol. The van der Waals surface area contributed by atoms with Crippen molar-refractivity contribution in [1.29, 1.82) is 0 Å². The summed E-state index contributed by atoms with van der Waals surface area (Å²) in [4.78, 5) is 26.9. The molecule has 152 valence electrons. The molecule has 2 amide bonds. The molecule has 6 nitrogen and oxygen atoms in total. The third kappa shape index (κ3) is 4.53. The van der Waals surface area contributed by atoms with E-state index in [1.165, 1.54) is 12.8 Å². The molecule has 2 aromatic carbocycles. The van der Waals surface area contributed by atoms with Crippen LogP contribution >= 0.6 is 0 Å². The summed E-state index contributed by atoms with van der Waals surface area (Å²) in [5, 5.41) is 6.27. The third-order valence-electron chi connectivity index (χ3n) is 5.83. The van der Waals surface area contributed by atoms with E-state index in [0.717, 1.165) is 35.7 Å². The first-order chi connectivity index (χ1) is 14.1. The minimum atomic E-state index is -0.264. The fraction of sp³-hybridized carbons (Fsp3) is 0.391. The van der Waals surface area contributed by atoms with Crippen molar-refractivity contribution < 1.29 is 14.3 Å². The number of methoxy groups -OCH3 is 1. The minimum absolute atomic E-state index is 0.0743. The summed E-state index contributed by atoms with van der Waals surface area (Å²) >= 11 is 0. The van der Waals surface area contributed by atoms with Crippen molar-refractivity contribution in [2.75, 3.05) is 24.3 Å². The van der Waals surface area contributed by atoms with E-state index in [9.17, 15) is 9.59 Å². The highest BCUT2D eigenvalue weighted by Gasteiger charge is 2.38. The van der Waals surface area contributed by atoms with Crippen LogP contribution in [0.1, 0.15) is 32.1 Å². The van der Waals surface area contributed by atoms with Crippen molar-refractivity contribution in [2.45, 2.75) is 38.1 Å². The molecule has 1 heterocycles. The Morgan fingerprint density at radius 2 is 1.55 bits per heavy atom. The van der Waals surface area contributed by atoms with E-state index in [1.807, 2.05) is 53.4 Å². The smallest absolute Gasteiger partial charge is 0.229 e. The minimum Gasteiger partial charge on any atom is -0.497 e. The lowest BCUT2D eigenvalue weighted by Gasteiger charge is -2.23. The molecule has 1 aliphatic carbocycles. The molecule has 0 bridgehead atoms. The number of benzene rings is 2. The van der Waals surface area contributed by atoms with Crippen LogP contribution < -0.4 is 15.4 Å². The maximum absolute atomic E-state index is 12.6. The third-order valence-corrected chi connectivity index (χ3v) is 5.83. The predicted molar refractivity (Wildman–Crippen MR) is 113 cm³/mol. The summed E-state index contributed by atoms with van der Waals surface area (Å²) in [6.07, 6.45) is 4.83. The fourth-order valence-electron chi connectivity index (χ4n) is 4.20. The summed E-state index contributed by atoms with van der Waals surface area (Å²) in [7, 11) is 1.64. The highest BCUT2D eigenvalue weighted by molar-refractivity contribution is 5.97. The van der Waals surface area contributed by atoms with Gasteiger partial charge in [-0.05, 0) is 61.4 Å². The number of ether oxygens (including phenoxy) is 1. The predicted octanol–water partition coefficient (Wildman–Crippen LogP) is 4.17. The highest BCUT2D eigenvalue weighted by atomic mass is 16.5. The molecule has 1 saturated carbocycles. The topological polar surface area (TPSA) is 70.7 Å². The molecule has 1 aliphatic heterocycles. The Hall–Kier alpha value is -3.02. The van der Waals surface area contributed by atoms with Crippen LogP contribution in [0.2, 0.25) is 0 Å². The SMILES string of the molecule is COc1ccc(Nc2ccc(NC(=O)C3CC(=O)N(C4CCCC4)C3)cc2)cc1. The Kier molecular flexibility index (Phi) is 5.69. The second-order valence-corrected chi connectivity index (χ2v) is 7.81. The van der Waals surface area contributed by atoms with Gasteiger partial charge in [-0.25, -0.2) is 0 Å². The lowest BCUT2D eigenvalue weighted by Crippen LogP contribution is -2.35. The van der Waals surface area contributed by atoms with Crippen molar-refractivity contribution >= 4 is 28.9 Å². The van der Waals surface area contributed by atoms with Crippen molar-refractivity contribution in [3.05, 3.63) is 48.5 Å². The molecule has 2 aromatic rings. The van der Waals surface area contributed by atoms with Gasteiger partial charge in [-0.15, -0.1) is 0 Å². The maximum atomic E-state index is 12.6. The van der Waals surface area contributed by atoms with E-state index >= 15 is 0 Å². The van der Waals surface area contributed by atoms with Gasteiger partial charge in [0.1, 0.15) is 5.75 Å². The Morgan fingerprint density at radius 1 is 0.966 bits per heavy atom. The van der Waals surface area contributed by atoms with Gasteiger partial charge in [-0.2, -0.15) is 0 Å². The molecule has 0 radical (unpaired) electrons. The first-order valence-electron chi connectivity index (χ1n) is 10.2. The number of anilines is 3.